The molecule has 0 aromatic carbocycles. The molecule has 0 saturated carbocycles. The summed E-state index contributed by atoms with van der Waals surface area (Å²) in [5.74, 6) is -2.51. The van der Waals surface area contributed by atoms with E-state index >= 15 is 0 Å². The van der Waals surface area contributed by atoms with Gasteiger partial charge in [-0.05, 0) is 11.8 Å². The number of carboxylic acids is 1. The summed E-state index contributed by atoms with van der Waals surface area (Å²) in [5.41, 5.74) is 6.57. The van der Waals surface area contributed by atoms with Gasteiger partial charge in [0, 0.05) is 18.3 Å². The molecule has 0 unspecified atom stereocenters. The van der Waals surface area contributed by atoms with Crippen LogP contribution in [0.1, 0.15) is 39.8 Å². The zero-order valence-corrected chi connectivity index (χ0v) is 15.7. The lowest BCUT2D eigenvalue weighted by molar-refractivity contribution is -0.143. The molecule has 1 aromatic heterocycles. The summed E-state index contributed by atoms with van der Waals surface area (Å²) in [5, 5.41) is 14.4. The second kappa shape index (κ2) is 9.91. The van der Waals surface area contributed by atoms with Crippen molar-refractivity contribution in [1.29, 1.82) is 0 Å². The van der Waals surface area contributed by atoms with E-state index in [1.165, 1.54) is 12.5 Å². The minimum atomic E-state index is -1.13. The van der Waals surface area contributed by atoms with E-state index in [1.807, 2.05) is 13.8 Å². The third kappa shape index (κ3) is 6.14. The minimum absolute atomic E-state index is 0.0479. The van der Waals surface area contributed by atoms with Gasteiger partial charge in [-0.1, -0.05) is 34.1 Å². The monoisotopic (exact) mass is 367 g/mol. The molecule has 0 aliphatic heterocycles. The smallest absolute Gasteiger partial charge is 0.326 e. The highest BCUT2D eigenvalue weighted by molar-refractivity contribution is 5.92. The van der Waals surface area contributed by atoms with E-state index in [1.54, 1.807) is 13.8 Å². The summed E-state index contributed by atoms with van der Waals surface area (Å²) < 4.78 is 0. The number of imidazole rings is 1. The van der Waals surface area contributed by atoms with Crippen molar-refractivity contribution in [3.63, 3.8) is 0 Å². The number of nitrogens with two attached hydrogens (primary N) is 1. The molecular weight excluding hydrogens is 338 g/mol. The molecule has 1 rings (SSSR count). The maximum atomic E-state index is 12.6. The van der Waals surface area contributed by atoms with E-state index < -0.39 is 35.9 Å². The Balaban J connectivity index is 2.91. The quantitative estimate of drug-likeness (QED) is 0.394. The van der Waals surface area contributed by atoms with Gasteiger partial charge in [0.25, 0.3) is 0 Å². The van der Waals surface area contributed by atoms with Gasteiger partial charge in [-0.25, -0.2) is 9.78 Å². The van der Waals surface area contributed by atoms with E-state index in [4.69, 9.17) is 5.73 Å². The lowest BCUT2D eigenvalue weighted by Gasteiger charge is -2.25. The van der Waals surface area contributed by atoms with Gasteiger partial charge in [-0.2, -0.15) is 0 Å². The SMILES string of the molecule is CC[C@H](C)[C@H](N)C(=O)N[C@@H](Cc1cnc[nH]1)C(=O)N[C@H](C(=O)O)C(C)C. The summed E-state index contributed by atoms with van der Waals surface area (Å²) in [7, 11) is 0. The van der Waals surface area contributed by atoms with E-state index in [2.05, 4.69) is 20.6 Å². The van der Waals surface area contributed by atoms with Crippen molar-refractivity contribution in [2.45, 2.75) is 58.7 Å². The van der Waals surface area contributed by atoms with Gasteiger partial charge in [-0.15, -0.1) is 0 Å². The number of nitrogens with one attached hydrogen (secondary N) is 3. The van der Waals surface area contributed by atoms with Crippen molar-refractivity contribution < 1.29 is 19.5 Å². The van der Waals surface area contributed by atoms with Gasteiger partial charge in [0.15, 0.2) is 0 Å². The summed E-state index contributed by atoms with van der Waals surface area (Å²) in [6.45, 7) is 7.17. The first-order valence-electron chi connectivity index (χ1n) is 8.73. The molecule has 26 heavy (non-hydrogen) atoms. The van der Waals surface area contributed by atoms with Gasteiger partial charge in [0.1, 0.15) is 12.1 Å². The van der Waals surface area contributed by atoms with E-state index in [-0.39, 0.29) is 18.3 Å². The van der Waals surface area contributed by atoms with Crippen LogP contribution in [-0.2, 0) is 20.8 Å². The maximum absolute atomic E-state index is 12.6. The Kier molecular flexibility index (Phi) is 8.24. The lowest BCUT2D eigenvalue weighted by atomic mass is 9.98. The first kappa shape index (κ1) is 21.6. The number of carbonyl (C=O) groups excluding carboxylic acids is 2. The van der Waals surface area contributed by atoms with Crippen molar-refractivity contribution in [2.75, 3.05) is 0 Å². The number of hydrogen-bond donors (Lipinski definition) is 5. The van der Waals surface area contributed by atoms with E-state index in [9.17, 15) is 19.5 Å². The fourth-order valence-corrected chi connectivity index (χ4v) is 2.37. The van der Waals surface area contributed by atoms with Crippen LogP contribution in [-0.4, -0.2) is 51.0 Å². The van der Waals surface area contributed by atoms with Crippen molar-refractivity contribution in [3.8, 4) is 0 Å². The van der Waals surface area contributed by atoms with Crippen LogP contribution < -0.4 is 16.4 Å². The number of aliphatic carboxylic acids is 1. The first-order chi connectivity index (χ1) is 12.2. The fraction of sp³-hybridized carbons (Fsp3) is 0.647. The molecule has 0 radical (unpaired) electrons. The van der Waals surface area contributed by atoms with Crippen LogP contribution in [0.5, 0.6) is 0 Å². The van der Waals surface area contributed by atoms with Crippen LogP contribution in [0.25, 0.3) is 0 Å². The summed E-state index contributed by atoms with van der Waals surface area (Å²) >= 11 is 0. The molecule has 146 valence electrons. The number of hydrogen-bond acceptors (Lipinski definition) is 5. The van der Waals surface area contributed by atoms with Crippen LogP contribution in [0.3, 0.4) is 0 Å². The van der Waals surface area contributed by atoms with Crippen LogP contribution in [0, 0.1) is 11.8 Å². The van der Waals surface area contributed by atoms with Crippen LogP contribution in [0.2, 0.25) is 0 Å². The average molecular weight is 367 g/mol. The standard InChI is InChI=1S/C17H29N5O4/c1-5-10(4)13(18)16(24)21-12(6-11-7-19-8-20-11)15(23)22-14(9(2)3)17(25)26/h7-10,12-14H,5-6,18H2,1-4H3,(H,19,20)(H,21,24)(H,22,23)(H,25,26)/t10-,12-,13-,14-/m0/s1. The number of amides is 2. The van der Waals surface area contributed by atoms with Crippen molar-refractivity contribution in [3.05, 3.63) is 18.2 Å². The van der Waals surface area contributed by atoms with Crippen LogP contribution >= 0.6 is 0 Å². The molecule has 4 atom stereocenters. The second-order valence-corrected chi connectivity index (χ2v) is 6.82. The normalized spacial score (nSPS) is 15.8. The Morgan fingerprint density at radius 2 is 1.88 bits per heavy atom. The maximum Gasteiger partial charge on any atom is 0.326 e. The molecule has 0 spiro atoms. The highest BCUT2D eigenvalue weighted by Crippen LogP contribution is 2.08. The third-order valence-electron chi connectivity index (χ3n) is 4.40. The molecule has 1 heterocycles. The lowest BCUT2D eigenvalue weighted by Crippen LogP contribution is -2.57. The third-order valence-corrected chi connectivity index (χ3v) is 4.40. The Bertz CT molecular complexity index is 602. The molecule has 0 saturated heterocycles. The number of nitrogens with zero attached hydrogens (tertiary/aromatic N) is 1. The number of rotatable bonds is 10. The summed E-state index contributed by atoms with van der Waals surface area (Å²) in [6.07, 6.45) is 3.87. The zero-order chi connectivity index (χ0) is 19.9. The highest BCUT2D eigenvalue weighted by Gasteiger charge is 2.30. The van der Waals surface area contributed by atoms with Gasteiger partial charge < -0.3 is 26.5 Å². The topological polar surface area (TPSA) is 150 Å². The van der Waals surface area contributed by atoms with Crippen molar-refractivity contribution >= 4 is 17.8 Å². The molecule has 6 N–H and O–H groups in total. The Hall–Kier alpha value is -2.42. The number of aromatic nitrogens is 2. The number of aromatic amines is 1. The predicted octanol–water partition coefficient (Wildman–Crippen LogP) is 0.0358. The van der Waals surface area contributed by atoms with Crippen molar-refractivity contribution in [1.82, 2.24) is 20.6 Å². The molecule has 0 aliphatic rings. The van der Waals surface area contributed by atoms with Gasteiger partial charge in [0.2, 0.25) is 11.8 Å². The number of H-pyrrole nitrogens is 1. The van der Waals surface area contributed by atoms with Crippen LogP contribution in [0.15, 0.2) is 12.5 Å². The average Bonchev–Trinajstić information content (AvgIpc) is 3.09. The van der Waals surface area contributed by atoms with Gasteiger partial charge in [0.05, 0.1) is 12.4 Å². The molecule has 0 aliphatic carbocycles. The number of carbonyl (C=O) groups is 3. The Labute approximate surface area is 153 Å². The minimum Gasteiger partial charge on any atom is -0.480 e. The molecule has 0 fully saturated rings. The molecule has 9 nitrogen and oxygen atoms in total. The molecular formula is C17H29N5O4. The van der Waals surface area contributed by atoms with Crippen molar-refractivity contribution in [2.24, 2.45) is 17.6 Å². The summed E-state index contributed by atoms with van der Waals surface area (Å²) in [6, 6.07) is -2.76. The summed E-state index contributed by atoms with van der Waals surface area (Å²) in [4.78, 5) is 43.1. The Morgan fingerprint density at radius 1 is 1.23 bits per heavy atom. The fourth-order valence-electron chi connectivity index (χ4n) is 2.37. The molecule has 2 amide bonds. The van der Waals surface area contributed by atoms with Crippen LogP contribution in [0.4, 0.5) is 0 Å². The zero-order valence-electron chi connectivity index (χ0n) is 15.7. The molecule has 0 bridgehead atoms. The predicted molar refractivity (Wildman–Crippen MR) is 96.1 cm³/mol. The van der Waals surface area contributed by atoms with E-state index in [0.717, 1.165) is 6.42 Å². The van der Waals surface area contributed by atoms with Gasteiger partial charge in [-0.3, -0.25) is 9.59 Å². The Morgan fingerprint density at radius 3 is 2.35 bits per heavy atom. The van der Waals surface area contributed by atoms with E-state index in [0.29, 0.717) is 5.69 Å². The second-order valence-electron chi connectivity index (χ2n) is 6.82. The highest BCUT2D eigenvalue weighted by atomic mass is 16.4. The first-order valence-corrected chi connectivity index (χ1v) is 8.73. The molecule has 9 heteroatoms. The number of carboxylic acid groups (broad SMARTS) is 1. The largest absolute Gasteiger partial charge is 0.480 e. The molecule has 1 aromatic rings. The van der Waals surface area contributed by atoms with Gasteiger partial charge >= 0.3 is 5.97 Å².